The van der Waals surface area contributed by atoms with Crippen LogP contribution in [0.2, 0.25) is 0 Å². The molecule has 2 aromatic rings. The molecule has 1 aromatic heterocycles. The third kappa shape index (κ3) is 5.13. The lowest BCUT2D eigenvalue weighted by Crippen LogP contribution is -2.11. The molecule has 2 rings (SSSR count). The van der Waals surface area contributed by atoms with E-state index in [0.717, 1.165) is 27.6 Å². The van der Waals surface area contributed by atoms with Gasteiger partial charge in [0.25, 0.3) is 0 Å². The molecule has 6 heteroatoms. The molecule has 112 valence electrons. The van der Waals surface area contributed by atoms with Crippen molar-refractivity contribution in [3.05, 3.63) is 40.7 Å². The highest BCUT2D eigenvalue weighted by Gasteiger charge is 2.07. The quantitative estimate of drug-likeness (QED) is 0.632. The first kappa shape index (κ1) is 16.0. The van der Waals surface area contributed by atoms with Crippen LogP contribution in [0.4, 0.5) is 9.52 Å². The number of thiazole rings is 1. The second-order valence-electron chi connectivity index (χ2n) is 4.61. The number of anilines is 1. The number of rotatable bonds is 6. The van der Waals surface area contributed by atoms with E-state index in [9.17, 15) is 9.18 Å². The summed E-state index contributed by atoms with van der Waals surface area (Å²) in [5.41, 5.74) is 0.960. The fourth-order valence-electron chi connectivity index (χ4n) is 1.66. The highest BCUT2D eigenvalue weighted by molar-refractivity contribution is 7.99. The molecular weight excluding hydrogens is 307 g/mol. The number of hydrogen-bond acceptors (Lipinski definition) is 4. The first-order valence-corrected chi connectivity index (χ1v) is 8.47. The monoisotopic (exact) mass is 324 g/mol. The van der Waals surface area contributed by atoms with E-state index in [1.807, 2.05) is 13.8 Å². The number of thioether (sulfide) groups is 1. The van der Waals surface area contributed by atoms with Gasteiger partial charge >= 0.3 is 0 Å². The van der Waals surface area contributed by atoms with Crippen LogP contribution in [0.15, 0.2) is 29.2 Å². The van der Waals surface area contributed by atoms with Crippen molar-refractivity contribution in [2.45, 2.75) is 31.6 Å². The zero-order chi connectivity index (χ0) is 15.2. The van der Waals surface area contributed by atoms with Crippen LogP contribution in [0, 0.1) is 19.7 Å². The topological polar surface area (TPSA) is 42.0 Å². The number of halogens is 1. The lowest BCUT2D eigenvalue weighted by atomic mass is 10.3. The number of amides is 1. The van der Waals surface area contributed by atoms with Crippen molar-refractivity contribution in [3.8, 4) is 0 Å². The minimum Gasteiger partial charge on any atom is -0.302 e. The molecule has 0 fully saturated rings. The molecule has 0 atom stereocenters. The maximum atomic E-state index is 12.8. The van der Waals surface area contributed by atoms with Gasteiger partial charge in [0.2, 0.25) is 5.91 Å². The number of nitrogens with one attached hydrogen (secondary N) is 1. The van der Waals surface area contributed by atoms with Crippen LogP contribution in [0.3, 0.4) is 0 Å². The molecule has 1 amide bonds. The molecule has 0 unspecified atom stereocenters. The normalized spacial score (nSPS) is 10.6. The Morgan fingerprint density at radius 1 is 1.33 bits per heavy atom. The van der Waals surface area contributed by atoms with Crippen molar-refractivity contribution in [1.82, 2.24) is 4.98 Å². The molecule has 1 N–H and O–H groups in total. The summed E-state index contributed by atoms with van der Waals surface area (Å²) in [6.07, 6.45) is 1.24. The molecule has 1 aromatic carbocycles. The third-order valence-corrected chi connectivity index (χ3v) is 4.99. The minimum absolute atomic E-state index is 0.0107. The molecule has 1 heterocycles. The van der Waals surface area contributed by atoms with Gasteiger partial charge in [-0.05, 0) is 50.3 Å². The Morgan fingerprint density at radius 3 is 2.67 bits per heavy atom. The second kappa shape index (κ2) is 7.56. The van der Waals surface area contributed by atoms with Gasteiger partial charge in [-0.15, -0.1) is 23.1 Å². The summed E-state index contributed by atoms with van der Waals surface area (Å²) in [4.78, 5) is 18.2. The van der Waals surface area contributed by atoms with Crippen molar-refractivity contribution < 1.29 is 9.18 Å². The van der Waals surface area contributed by atoms with Gasteiger partial charge in [-0.2, -0.15) is 0 Å². The van der Waals surface area contributed by atoms with E-state index in [2.05, 4.69) is 10.3 Å². The van der Waals surface area contributed by atoms with E-state index in [1.165, 1.54) is 23.5 Å². The van der Waals surface area contributed by atoms with Crippen molar-refractivity contribution in [3.63, 3.8) is 0 Å². The van der Waals surface area contributed by atoms with E-state index in [-0.39, 0.29) is 11.7 Å². The summed E-state index contributed by atoms with van der Waals surface area (Å²) in [6, 6.07) is 6.40. The van der Waals surface area contributed by atoms with Crippen molar-refractivity contribution in [2.24, 2.45) is 0 Å². The van der Waals surface area contributed by atoms with Gasteiger partial charge in [-0.25, -0.2) is 9.37 Å². The Morgan fingerprint density at radius 2 is 2.05 bits per heavy atom. The van der Waals surface area contributed by atoms with E-state index < -0.39 is 0 Å². The number of hydrogen-bond donors (Lipinski definition) is 1. The molecule has 3 nitrogen and oxygen atoms in total. The van der Waals surface area contributed by atoms with Gasteiger partial charge in [0.1, 0.15) is 5.82 Å². The number of aromatic nitrogens is 1. The highest BCUT2D eigenvalue weighted by Crippen LogP contribution is 2.22. The van der Waals surface area contributed by atoms with Crippen molar-refractivity contribution in [2.75, 3.05) is 11.1 Å². The van der Waals surface area contributed by atoms with Crippen LogP contribution < -0.4 is 5.32 Å². The zero-order valence-electron chi connectivity index (χ0n) is 12.0. The smallest absolute Gasteiger partial charge is 0.226 e. The summed E-state index contributed by atoms with van der Waals surface area (Å²) in [7, 11) is 0. The van der Waals surface area contributed by atoms with Gasteiger partial charge in [-0.1, -0.05) is 0 Å². The van der Waals surface area contributed by atoms with Crippen LogP contribution in [-0.4, -0.2) is 16.6 Å². The number of aryl methyl sites for hydroxylation is 2. The Kier molecular flexibility index (Phi) is 5.76. The van der Waals surface area contributed by atoms with Crippen molar-refractivity contribution in [1.29, 1.82) is 0 Å². The molecular formula is C15H17FN2OS2. The number of carbonyl (C=O) groups is 1. The lowest BCUT2D eigenvalue weighted by molar-refractivity contribution is -0.116. The Bertz CT molecular complexity index is 591. The largest absolute Gasteiger partial charge is 0.302 e. The Hall–Kier alpha value is -1.40. The molecule has 0 spiro atoms. The molecule has 21 heavy (non-hydrogen) atoms. The summed E-state index contributed by atoms with van der Waals surface area (Å²) in [5, 5.41) is 3.49. The molecule has 0 aliphatic rings. The summed E-state index contributed by atoms with van der Waals surface area (Å²) in [5.74, 6) is 0.589. The summed E-state index contributed by atoms with van der Waals surface area (Å²) >= 11 is 3.12. The molecule has 0 aliphatic heterocycles. The van der Waals surface area contributed by atoms with Crippen molar-refractivity contribution >= 4 is 34.1 Å². The lowest BCUT2D eigenvalue weighted by Gasteiger charge is -2.02. The van der Waals surface area contributed by atoms with E-state index in [1.54, 1.807) is 23.9 Å². The fraction of sp³-hybridized carbons (Fsp3) is 0.333. The summed E-state index contributed by atoms with van der Waals surface area (Å²) in [6.45, 7) is 3.92. The van der Waals surface area contributed by atoms with Crippen LogP contribution in [0.5, 0.6) is 0 Å². The molecule has 0 saturated carbocycles. The first-order chi connectivity index (χ1) is 10.0. The number of nitrogens with zero attached hydrogens (tertiary/aromatic N) is 1. The predicted octanol–water partition coefficient (Wildman–Crippen LogP) is 4.41. The zero-order valence-corrected chi connectivity index (χ0v) is 13.6. The molecule has 0 saturated heterocycles. The average molecular weight is 324 g/mol. The van der Waals surface area contributed by atoms with Crippen LogP contribution >= 0.6 is 23.1 Å². The van der Waals surface area contributed by atoms with Crippen LogP contribution in [-0.2, 0) is 4.79 Å². The Balaban J connectivity index is 1.68. The van der Waals surface area contributed by atoms with Crippen LogP contribution in [0.25, 0.3) is 0 Å². The highest BCUT2D eigenvalue weighted by atomic mass is 32.2. The van der Waals surface area contributed by atoms with Gasteiger partial charge < -0.3 is 5.32 Å². The maximum Gasteiger partial charge on any atom is 0.226 e. The first-order valence-electron chi connectivity index (χ1n) is 6.67. The second-order valence-corrected chi connectivity index (χ2v) is 6.99. The maximum absolute atomic E-state index is 12.8. The van der Waals surface area contributed by atoms with Gasteiger partial charge in [-0.3, -0.25) is 4.79 Å². The standard InChI is InChI=1S/C15H17FN2OS2/c1-10-11(2)21-15(17-10)18-14(19)4-3-9-20-13-7-5-12(16)6-8-13/h5-8H,3-4,9H2,1-2H3,(H,17,18,19). The fourth-order valence-corrected chi connectivity index (χ4v) is 3.35. The Labute approximate surface area is 132 Å². The van der Waals surface area contributed by atoms with E-state index >= 15 is 0 Å². The molecule has 0 aliphatic carbocycles. The predicted molar refractivity (Wildman–Crippen MR) is 86.6 cm³/mol. The number of benzene rings is 1. The SMILES string of the molecule is Cc1nc(NC(=O)CCCSc2ccc(F)cc2)sc1C. The van der Waals surface area contributed by atoms with Gasteiger partial charge in [0.15, 0.2) is 5.13 Å². The molecule has 0 radical (unpaired) electrons. The van der Waals surface area contributed by atoms with Gasteiger partial charge in [0, 0.05) is 16.2 Å². The average Bonchev–Trinajstić information content (AvgIpc) is 2.75. The third-order valence-electron chi connectivity index (χ3n) is 2.91. The van der Waals surface area contributed by atoms with Gasteiger partial charge in [0.05, 0.1) is 5.69 Å². The van der Waals surface area contributed by atoms with E-state index in [0.29, 0.717) is 11.6 Å². The number of carbonyl (C=O) groups excluding carboxylic acids is 1. The minimum atomic E-state index is -0.229. The van der Waals surface area contributed by atoms with Crippen LogP contribution in [0.1, 0.15) is 23.4 Å². The molecule has 0 bridgehead atoms. The summed E-state index contributed by atoms with van der Waals surface area (Å²) < 4.78 is 12.8. The van der Waals surface area contributed by atoms with E-state index in [4.69, 9.17) is 0 Å².